The highest BCUT2D eigenvalue weighted by molar-refractivity contribution is 5.80. The van der Waals surface area contributed by atoms with Gasteiger partial charge in [-0.1, -0.05) is 62.4 Å². The quantitative estimate of drug-likeness (QED) is 0.474. The minimum atomic E-state index is -3.07. The third-order valence-corrected chi connectivity index (χ3v) is 4.82. The van der Waals surface area contributed by atoms with Gasteiger partial charge in [-0.3, -0.25) is 0 Å². The van der Waals surface area contributed by atoms with E-state index in [0.29, 0.717) is 24.6 Å². The number of halogens is 2. The second-order valence-corrected chi connectivity index (χ2v) is 7.97. The molecule has 0 aliphatic carbocycles. The molecule has 0 saturated carbocycles. The Labute approximate surface area is 178 Å². The Bertz CT molecular complexity index is 1140. The van der Waals surface area contributed by atoms with E-state index in [1.807, 2.05) is 62.4 Å². The predicted octanol–water partition coefficient (Wildman–Crippen LogP) is 4.48. The summed E-state index contributed by atoms with van der Waals surface area (Å²) >= 11 is 0. The zero-order chi connectivity index (χ0) is 22.0. The standard InChI is InChI=1S/C22H23F2N7/c1-14(2)13-31-19(25-21(28-31)22(3,23)24)12-15-8-10-16(11-9-15)17-6-4-5-7-18(17)20-26-29-30-27-20/h4-11,14H,12-13H2,1-3H3,(H,26,27,29,30). The number of hydrogen-bond donors (Lipinski definition) is 1. The van der Waals surface area contributed by atoms with Crippen LogP contribution in [-0.4, -0.2) is 35.4 Å². The van der Waals surface area contributed by atoms with Crippen LogP contribution in [0.1, 0.15) is 38.0 Å². The highest BCUT2D eigenvalue weighted by Gasteiger charge is 2.31. The molecule has 0 aliphatic heterocycles. The van der Waals surface area contributed by atoms with E-state index < -0.39 is 11.7 Å². The van der Waals surface area contributed by atoms with Crippen LogP contribution in [-0.2, 0) is 18.9 Å². The van der Waals surface area contributed by atoms with Crippen molar-refractivity contribution in [2.45, 2.75) is 39.7 Å². The van der Waals surface area contributed by atoms with Gasteiger partial charge in [-0.25, -0.2) is 9.67 Å². The lowest BCUT2D eigenvalue weighted by Crippen LogP contribution is -2.12. The van der Waals surface area contributed by atoms with Crippen LogP contribution in [0.25, 0.3) is 22.5 Å². The minimum Gasteiger partial charge on any atom is -0.249 e. The molecule has 4 aromatic rings. The average molecular weight is 423 g/mol. The third-order valence-electron chi connectivity index (χ3n) is 4.82. The van der Waals surface area contributed by atoms with E-state index in [4.69, 9.17) is 0 Å². The summed E-state index contributed by atoms with van der Waals surface area (Å²) in [6, 6.07) is 15.7. The molecule has 0 amide bonds. The fourth-order valence-corrected chi connectivity index (χ4v) is 3.37. The van der Waals surface area contributed by atoms with Crippen LogP contribution < -0.4 is 0 Å². The molecule has 9 heteroatoms. The Morgan fingerprint density at radius 2 is 1.74 bits per heavy atom. The number of nitrogens with one attached hydrogen (secondary N) is 1. The summed E-state index contributed by atoms with van der Waals surface area (Å²) < 4.78 is 29.1. The molecule has 2 aromatic heterocycles. The Balaban J connectivity index is 1.62. The Kier molecular flexibility index (Phi) is 5.58. The van der Waals surface area contributed by atoms with E-state index in [9.17, 15) is 8.78 Å². The van der Waals surface area contributed by atoms with Crippen molar-refractivity contribution in [1.29, 1.82) is 0 Å². The van der Waals surface area contributed by atoms with Crippen LogP contribution in [0.2, 0.25) is 0 Å². The van der Waals surface area contributed by atoms with Gasteiger partial charge in [0.15, 0.2) is 0 Å². The highest BCUT2D eigenvalue weighted by atomic mass is 19.3. The van der Waals surface area contributed by atoms with Crippen molar-refractivity contribution in [1.82, 2.24) is 35.4 Å². The van der Waals surface area contributed by atoms with Crippen molar-refractivity contribution in [3.05, 3.63) is 65.7 Å². The molecule has 31 heavy (non-hydrogen) atoms. The fourth-order valence-electron chi connectivity index (χ4n) is 3.37. The van der Waals surface area contributed by atoms with Crippen LogP contribution in [0.3, 0.4) is 0 Å². The monoisotopic (exact) mass is 423 g/mol. The molecule has 2 heterocycles. The van der Waals surface area contributed by atoms with Gasteiger partial charge in [-0.05, 0) is 27.8 Å². The summed E-state index contributed by atoms with van der Waals surface area (Å²) in [6.07, 6.45) is 0.419. The van der Waals surface area contributed by atoms with Crippen LogP contribution in [0.4, 0.5) is 8.78 Å². The Morgan fingerprint density at radius 1 is 1.03 bits per heavy atom. The summed E-state index contributed by atoms with van der Waals surface area (Å²) in [6.45, 7) is 5.40. The van der Waals surface area contributed by atoms with Crippen LogP contribution in [0.5, 0.6) is 0 Å². The van der Waals surface area contributed by atoms with E-state index >= 15 is 0 Å². The van der Waals surface area contributed by atoms with Crippen LogP contribution in [0, 0.1) is 5.92 Å². The van der Waals surface area contributed by atoms with E-state index in [-0.39, 0.29) is 5.92 Å². The molecule has 0 bridgehead atoms. The van der Waals surface area contributed by atoms with Gasteiger partial charge in [-0.15, -0.1) is 15.3 Å². The van der Waals surface area contributed by atoms with Gasteiger partial charge >= 0.3 is 5.92 Å². The molecule has 0 atom stereocenters. The molecular weight excluding hydrogens is 400 g/mol. The zero-order valence-electron chi connectivity index (χ0n) is 17.5. The van der Waals surface area contributed by atoms with E-state index in [0.717, 1.165) is 29.2 Å². The molecule has 0 saturated heterocycles. The number of hydrogen-bond acceptors (Lipinski definition) is 5. The largest absolute Gasteiger partial charge is 0.305 e. The minimum absolute atomic E-state index is 0.266. The van der Waals surface area contributed by atoms with Crippen molar-refractivity contribution in [3.8, 4) is 22.5 Å². The first-order chi connectivity index (χ1) is 14.8. The normalized spacial score (nSPS) is 11.9. The second kappa shape index (κ2) is 8.33. The number of H-pyrrole nitrogens is 1. The number of benzene rings is 2. The summed E-state index contributed by atoms with van der Waals surface area (Å²) in [4.78, 5) is 4.13. The van der Waals surface area contributed by atoms with Gasteiger partial charge in [-0.2, -0.15) is 14.0 Å². The van der Waals surface area contributed by atoms with E-state index in [1.165, 1.54) is 0 Å². The maximum atomic E-state index is 13.8. The molecule has 7 nitrogen and oxygen atoms in total. The summed E-state index contributed by atoms with van der Waals surface area (Å²) in [5, 5.41) is 18.3. The number of rotatable bonds is 7. The molecule has 0 spiro atoms. The van der Waals surface area contributed by atoms with Gasteiger partial charge in [0, 0.05) is 25.5 Å². The smallest absolute Gasteiger partial charge is 0.249 e. The van der Waals surface area contributed by atoms with Gasteiger partial charge in [0.05, 0.1) is 0 Å². The number of alkyl halides is 2. The number of tetrazole rings is 1. The van der Waals surface area contributed by atoms with Crippen molar-refractivity contribution in [3.63, 3.8) is 0 Å². The molecule has 160 valence electrons. The Morgan fingerprint density at radius 3 is 2.35 bits per heavy atom. The molecule has 2 aromatic carbocycles. The highest BCUT2D eigenvalue weighted by Crippen LogP contribution is 2.30. The maximum Gasteiger partial charge on any atom is 0.305 e. The summed E-state index contributed by atoms with van der Waals surface area (Å²) in [5.41, 5.74) is 3.81. The van der Waals surface area contributed by atoms with E-state index in [2.05, 4.69) is 30.7 Å². The fraction of sp³-hybridized carbons (Fsp3) is 0.318. The lowest BCUT2D eigenvalue weighted by Gasteiger charge is -2.10. The maximum absolute atomic E-state index is 13.8. The van der Waals surface area contributed by atoms with Gasteiger partial charge in [0.2, 0.25) is 11.6 Å². The average Bonchev–Trinajstić information content (AvgIpc) is 3.39. The van der Waals surface area contributed by atoms with Crippen molar-refractivity contribution in [2.24, 2.45) is 5.92 Å². The molecule has 4 rings (SSSR count). The van der Waals surface area contributed by atoms with Gasteiger partial charge in [0.1, 0.15) is 5.82 Å². The first-order valence-electron chi connectivity index (χ1n) is 10.1. The first kappa shape index (κ1) is 20.8. The lowest BCUT2D eigenvalue weighted by atomic mass is 9.98. The molecule has 0 radical (unpaired) electrons. The first-order valence-corrected chi connectivity index (χ1v) is 10.1. The van der Waals surface area contributed by atoms with Gasteiger partial charge in [0.25, 0.3) is 0 Å². The lowest BCUT2D eigenvalue weighted by molar-refractivity contribution is 0.00745. The molecule has 1 N–H and O–H groups in total. The van der Waals surface area contributed by atoms with Gasteiger partial charge < -0.3 is 0 Å². The number of nitrogens with zero attached hydrogens (tertiary/aromatic N) is 6. The van der Waals surface area contributed by atoms with Crippen LogP contribution >= 0.6 is 0 Å². The van der Waals surface area contributed by atoms with Crippen molar-refractivity contribution < 1.29 is 8.78 Å². The van der Waals surface area contributed by atoms with Crippen molar-refractivity contribution in [2.75, 3.05) is 0 Å². The molecule has 0 unspecified atom stereocenters. The van der Waals surface area contributed by atoms with Crippen LogP contribution in [0.15, 0.2) is 48.5 Å². The summed E-state index contributed by atoms with van der Waals surface area (Å²) in [7, 11) is 0. The SMILES string of the molecule is CC(C)Cn1nc(C(C)(F)F)nc1Cc1ccc(-c2ccccc2-c2nn[nH]n2)cc1. The molecule has 0 aliphatic rings. The topological polar surface area (TPSA) is 85.2 Å². The number of aromatic nitrogens is 7. The van der Waals surface area contributed by atoms with E-state index in [1.54, 1.807) is 4.68 Å². The Hall–Kier alpha value is -3.49. The number of aromatic amines is 1. The zero-order valence-corrected chi connectivity index (χ0v) is 17.5. The predicted molar refractivity (Wildman–Crippen MR) is 112 cm³/mol. The third kappa shape index (κ3) is 4.65. The summed E-state index contributed by atoms with van der Waals surface area (Å²) in [5.74, 6) is -2.18. The molecule has 0 fully saturated rings. The second-order valence-electron chi connectivity index (χ2n) is 7.97. The molecular formula is C22H23F2N7. The van der Waals surface area contributed by atoms with Crippen molar-refractivity contribution >= 4 is 0 Å².